The Morgan fingerprint density at radius 3 is 2.72 bits per heavy atom. The Balaban J connectivity index is 2.03. The van der Waals surface area contributed by atoms with Crippen molar-refractivity contribution in [3.63, 3.8) is 0 Å². The minimum atomic E-state index is 0.211. The molecule has 0 spiro atoms. The molecule has 0 unspecified atom stereocenters. The van der Waals surface area contributed by atoms with E-state index in [0.29, 0.717) is 6.42 Å². The first kappa shape index (κ1) is 10.2. The van der Waals surface area contributed by atoms with Gasteiger partial charge in [0, 0.05) is 16.2 Å². The van der Waals surface area contributed by atoms with Crippen molar-refractivity contribution in [2.75, 3.05) is 4.90 Å². The minimum Gasteiger partial charge on any atom is -0.278 e. The highest BCUT2D eigenvalue weighted by Crippen LogP contribution is 2.51. The number of aryl methyl sites for hydroxylation is 1. The molecule has 18 heavy (non-hydrogen) atoms. The quantitative estimate of drug-likeness (QED) is 0.712. The maximum atomic E-state index is 12.3. The van der Waals surface area contributed by atoms with E-state index < -0.39 is 0 Å². The molecule has 0 aromatic heterocycles. The third-order valence-corrected chi connectivity index (χ3v) is 4.60. The number of rotatable bonds is 0. The van der Waals surface area contributed by atoms with Crippen LogP contribution in [0.5, 0.6) is 0 Å². The van der Waals surface area contributed by atoms with Crippen molar-refractivity contribution in [2.24, 2.45) is 0 Å². The molecule has 0 atom stereocenters. The third kappa shape index (κ3) is 1.28. The molecule has 0 fully saturated rings. The number of anilines is 2. The van der Waals surface area contributed by atoms with E-state index in [-0.39, 0.29) is 5.91 Å². The first-order valence-corrected chi connectivity index (χ1v) is 6.88. The van der Waals surface area contributed by atoms with Gasteiger partial charge in [0.05, 0.1) is 11.4 Å². The van der Waals surface area contributed by atoms with E-state index in [0.717, 1.165) is 22.7 Å². The number of amides is 1. The Bertz CT molecular complexity index is 665. The highest BCUT2D eigenvalue weighted by atomic mass is 32.2. The molecule has 2 aliphatic heterocycles. The summed E-state index contributed by atoms with van der Waals surface area (Å²) in [6.45, 7) is 0. The normalized spacial score (nSPS) is 16.2. The highest BCUT2D eigenvalue weighted by molar-refractivity contribution is 7.99. The summed E-state index contributed by atoms with van der Waals surface area (Å²) < 4.78 is 0. The van der Waals surface area contributed by atoms with Gasteiger partial charge in [0.15, 0.2) is 0 Å². The van der Waals surface area contributed by atoms with Gasteiger partial charge in [-0.2, -0.15) is 0 Å². The molecule has 3 heteroatoms. The molecule has 0 N–H and O–H groups in total. The fourth-order valence-corrected chi connectivity index (χ4v) is 3.80. The Morgan fingerprint density at radius 2 is 1.78 bits per heavy atom. The van der Waals surface area contributed by atoms with Crippen LogP contribution in [0.4, 0.5) is 11.4 Å². The Kier molecular flexibility index (Phi) is 2.06. The molecule has 2 nitrogen and oxygen atoms in total. The molecule has 2 aromatic carbocycles. The third-order valence-electron chi connectivity index (χ3n) is 3.49. The van der Waals surface area contributed by atoms with E-state index in [2.05, 4.69) is 24.3 Å². The number of hydrogen-bond donors (Lipinski definition) is 0. The maximum Gasteiger partial charge on any atom is 0.231 e. The largest absolute Gasteiger partial charge is 0.278 e. The Morgan fingerprint density at radius 1 is 0.944 bits per heavy atom. The van der Waals surface area contributed by atoms with E-state index in [1.165, 1.54) is 10.5 Å². The summed E-state index contributed by atoms with van der Waals surface area (Å²) in [7, 11) is 0. The Labute approximate surface area is 110 Å². The maximum absolute atomic E-state index is 12.3. The fraction of sp³-hybridized carbons (Fsp3) is 0.133. The van der Waals surface area contributed by atoms with Gasteiger partial charge < -0.3 is 0 Å². The lowest BCUT2D eigenvalue weighted by atomic mass is 10.00. The molecular formula is C15H11NOS. The van der Waals surface area contributed by atoms with Gasteiger partial charge in [-0.25, -0.2) is 0 Å². The van der Waals surface area contributed by atoms with Gasteiger partial charge in [-0.05, 0) is 30.2 Å². The molecular weight excluding hydrogens is 242 g/mol. The zero-order chi connectivity index (χ0) is 12.1. The fourth-order valence-electron chi connectivity index (χ4n) is 2.69. The van der Waals surface area contributed by atoms with Gasteiger partial charge in [0.1, 0.15) is 0 Å². The minimum absolute atomic E-state index is 0.211. The second kappa shape index (κ2) is 3.62. The molecule has 0 saturated heterocycles. The summed E-state index contributed by atoms with van der Waals surface area (Å²) in [6.07, 6.45) is 1.47. The first-order valence-electron chi connectivity index (χ1n) is 6.06. The van der Waals surface area contributed by atoms with E-state index in [4.69, 9.17) is 0 Å². The van der Waals surface area contributed by atoms with Crippen LogP contribution in [-0.4, -0.2) is 5.91 Å². The lowest BCUT2D eigenvalue weighted by Gasteiger charge is -2.35. The molecule has 2 heterocycles. The second-order valence-corrected chi connectivity index (χ2v) is 5.65. The van der Waals surface area contributed by atoms with Crippen LogP contribution in [0.3, 0.4) is 0 Å². The van der Waals surface area contributed by atoms with Gasteiger partial charge in [-0.15, -0.1) is 0 Å². The van der Waals surface area contributed by atoms with Crippen LogP contribution < -0.4 is 4.90 Å². The van der Waals surface area contributed by atoms with Gasteiger partial charge >= 0.3 is 0 Å². The number of para-hydroxylation sites is 2. The van der Waals surface area contributed by atoms with Crippen molar-refractivity contribution in [1.82, 2.24) is 0 Å². The zero-order valence-corrected chi connectivity index (χ0v) is 10.5. The average molecular weight is 253 g/mol. The van der Waals surface area contributed by atoms with Crippen LogP contribution in [0.2, 0.25) is 0 Å². The van der Waals surface area contributed by atoms with Crippen LogP contribution in [-0.2, 0) is 11.2 Å². The molecule has 0 aliphatic carbocycles. The van der Waals surface area contributed by atoms with Gasteiger partial charge in [0.25, 0.3) is 0 Å². The molecule has 4 rings (SSSR count). The first-order chi connectivity index (χ1) is 8.84. The number of hydrogen-bond acceptors (Lipinski definition) is 2. The summed E-state index contributed by atoms with van der Waals surface area (Å²) in [5.74, 6) is 0.211. The number of nitrogens with zero attached hydrogens (tertiary/aromatic N) is 1. The van der Waals surface area contributed by atoms with Gasteiger partial charge in [-0.3, -0.25) is 9.69 Å². The molecule has 2 aromatic rings. The summed E-state index contributed by atoms with van der Waals surface area (Å²) in [6, 6.07) is 14.5. The summed E-state index contributed by atoms with van der Waals surface area (Å²) >= 11 is 1.76. The van der Waals surface area contributed by atoms with Crippen molar-refractivity contribution < 1.29 is 4.79 Å². The number of fused-ring (bicyclic) bond motifs is 2. The number of carbonyl (C=O) groups is 1. The van der Waals surface area contributed by atoms with E-state index >= 15 is 0 Å². The lowest BCUT2D eigenvalue weighted by molar-refractivity contribution is -0.118. The van der Waals surface area contributed by atoms with Crippen LogP contribution >= 0.6 is 11.8 Å². The van der Waals surface area contributed by atoms with Crippen molar-refractivity contribution in [3.8, 4) is 0 Å². The standard InChI is InChI=1S/C15H11NOS/c17-14-9-8-10-4-3-7-13-15(10)16(14)11-5-1-2-6-12(11)18-13/h1-7H,8-9H2. The molecule has 88 valence electrons. The van der Waals surface area contributed by atoms with Crippen LogP contribution in [0.25, 0.3) is 0 Å². The molecule has 0 radical (unpaired) electrons. The zero-order valence-electron chi connectivity index (χ0n) is 9.72. The van der Waals surface area contributed by atoms with Crippen LogP contribution in [0, 0.1) is 0 Å². The predicted octanol–water partition coefficient (Wildman–Crippen LogP) is 3.76. The number of carbonyl (C=O) groups excluding carboxylic acids is 1. The predicted molar refractivity (Wildman–Crippen MR) is 72.5 cm³/mol. The van der Waals surface area contributed by atoms with E-state index in [9.17, 15) is 4.79 Å². The monoisotopic (exact) mass is 253 g/mol. The topological polar surface area (TPSA) is 20.3 Å². The summed E-state index contributed by atoms with van der Waals surface area (Å²) in [4.78, 5) is 16.5. The van der Waals surface area contributed by atoms with Crippen LogP contribution in [0.15, 0.2) is 52.3 Å². The van der Waals surface area contributed by atoms with Crippen molar-refractivity contribution in [1.29, 1.82) is 0 Å². The van der Waals surface area contributed by atoms with E-state index in [1.54, 1.807) is 11.8 Å². The average Bonchev–Trinajstić information content (AvgIpc) is 2.41. The van der Waals surface area contributed by atoms with Gasteiger partial charge in [-0.1, -0.05) is 36.0 Å². The van der Waals surface area contributed by atoms with Crippen molar-refractivity contribution >= 4 is 29.0 Å². The smallest absolute Gasteiger partial charge is 0.231 e. The Hall–Kier alpha value is -1.74. The molecule has 0 bridgehead atoms. The second-order valence-electron chi connectivity index (χ2n) is 4.56. The molecule has 1 amide bonds. The highest BCUT2D eigenvalue weighted by Gasteiger charge is 2.32. The van der Waals surface area contributed by atoms with Crippen molar-refractivity contribution in [2.45, 2.75) is 22.6 Å². The van der Waals surface area contributed by atoms with Gasteiger partial charge in [0.2, 0.25) is 5.91 Å². The van der Waals surface area contributed by atoms with E-state index in [1.807, 2.05) is 23.1 Å². The van der Waals surface area contributed by atoms with Crippen LogP contribution in [0.1, 0.15) is 12.0 Å². The molecule has 2 aliphatic rings. The van der Waals surface area contributed by atoms with Crippen molar-refractivity contribution in [3.05, 3.63) is 48.0 Å². The number of benzene rings is 2. The SMILES string of the molecule is O=C1CCc2cccc3c2N1c1ccccc1S3. The summed E-state index contributed by atoms with van der Waals surface area (Å²) in [5, 5.41) is 0. The lowest BCUT2D eigenvalue weighted by Crippen LogP contribution is -2.32. The molecule has 0 saturated carbocycles. The summed E-state index contributed by atoms with van der Waals surface area (Å²) in [5.41, 5.74) is 3.43.